The Balaban J connectivity index is 1.60. The van der Waals surface area contributed by atoms with Gasteiger partial charge in [-0.2, -0.15) is 0 Å². The zero-order valence-corrected chi connectivity index (χ0v) is 28.5. The van der Waals surface area contributed by atoms with E-state index in [1.54, 1.807) is 65.8 Å². The molecular weight excluding hydrogens is 640 g/mol. The molecule has 0 bridgehead atoms. The lowest BCUT2D eigenvalue weighted by atomic mass is 9.85. The molecule has 16 heteroatoms. The third kappa shape index (κ3) is 8.55. The summed E-state index contributed by atoms with van der Waals surface area (Å²) in [6, 6.07) is 3.58. The monoisotopic (exact) mass is 680 g/mol. The van der Waals surface area contributed by atoms with Crippen molar-refractivity contribution in [2.24, 2.45) is 5.41 Å². The number of nitrogens with one attached hydrogen (secondary N) is 3. The number of carbonyl (C=O) groups is 4. The van der Waals surface area contributed by atoms with Gasteiger partial charge in [-0.3, -0.25) is 19.1 Å². The number of nitrogens with zero attached hydrogens (tertiary/aromatic N) is 3. The Morgan fingerprint density at radius 2 is 1.63 bits per heavy atom. The molecule has 1 saturated carbocycles. The van der Waals surface area contributed by atoms with Crippen LogP contribution in [0.1, 0.15) is 67.7 Å². The second-order valence-electron chi connectivity index (χ2n) is 13.7. The molecule has 0 spiro atoms. The molecule has 2 fully saturated rings. The molecule has 3 N–H and O–H groups in total. The number of aromatic nitrogens is 2. The summed E-state index contributed by atoms with van der Waals surface area (Å²) in [5.41, 5.74) is -1.63. The van der Waals surface area contributed by atoms with Crippen molar-refractivity contribution in [1.29, 1.82) is 0 Å². The van der Waals surface area contributed by atoms with Gasteiger partial charge in [0.15, 0.2) is 5.15 Å². The summed E-state index contributed by atoms with van der Waals surface area (Å²) >= 11 is 6.22. The lowest BCUT2D eigenvalue weighted by Crippen LogP contribution is -2.59. The highest BCUT2D eigenvalue weighted by molar-refractivity contribution is 7.90. The summed E-state index contributed by atoms with van der Waals surface area (Å²) in [6.07, 6.45) is -0.639. The second kappa shape index (κ2) is 13.2. The molecule has 252 valence electrons. The van der Waals surface area contributed by atoms with E-state index in [1.165, 1.54) is 11.8 Å². The topological polar surface area (TPSA) is 186 Å². The molecule has 14 nitrogen and oxygen atoms in total. The Bertz CT molecular complexity index is 1620. The van der Waals surface area contributed by atoms with E-state index in [4.69, 9.17) is 21.1 Å². The highest BCUT2D eigenvalue weighted by Crippen LogP contribution is 2.32. The zero-order valence-electron chi connectivity index (χ0n) is 26.9. The first-order chi connectivity index (χ1) is 21.3. The minimum Gasteiger partial charge on any atom is -0.471 e. The Morgan fingerprint density at radius 1 is 1.00 bits per heavy atom. The van der Waals surface area contributed by atoms with Gasteiger partial charge in [-0.25, -0.2) is 13.2 Å². The molecule has 1 saturated heterocycles. The molecule has 1 aliphatic carbocycles. The fourth-order valence-electron chi connectivity index (χ4n) is 4.97. The molecule has 46 heavy (non-hydrogen) atoms. The van der Waals surface area contributed by atoms with E-state index >= 15 is 0 Å². The van der Waals surface area contributed by atoms with Gasteiger partial charge in [-0.1, -0.05) is 50.6 Å². The number of alkyl carbamates (subject to hydrolysis) is 1. The van der Waals surface area contributed by atoms with Crippen LogP contribution in [-0.4, -0.2) is 89.0 Å². The highest BCUT2D eigenvalue weighted by atomic mass is 35.5. The molecule has 2 aliphatic rings. The van der Waals surface area contributed by atoms with Crippen LogP contribution in [0.4, 0.5) is 4.79 Å². The van der Waals surface area contributed by atoms with Gasteiger partial charge in [0.25, 0.3) is 5.91 Å². The summed E-state index contributed by atoms with van der Waals surface area (Å²) in [6.45, 7) is 11.6. The average molecular weight is 681 g/mol. The first kappa shape index (κ1) is 35.1. The number of amides is 4. The van der Waals surface area contributed by atoms with Crippen LogP contribution in [0.25, 0.3) is 10.8 Å². The number of ether oxygens (including phenoxy) is 2. The molecule has 1 aromatic carbocycles. The highest BCUT2D eigenvalue weighted by Gasteiger charge is 2.47. The number of carbonyl (C=O) groups excluding carboxylic acids is 4. The Labute approximate surface area is 273 Å². The average Bonchev–Trinajstić information content (AvgIpc) is 3.72. The van der Waals surface area contributed by atoms with Crippen molar-refractivity contribution in [1.82, 2.24) is 30.5 Å². The standard InChI is InChI=1S/C30H41ClN6O8S/c1-16(24(38)36-46(42,43)18-12-13-18)32-25(39)21-14-17(44-26-20-11-9-8-10-19(20)23(31)34-35-26)15-37(21)27(40)22(29(2,3)4)33-28(41)45-30(5,6)7/h8-11,16-18,21-22H,12-15H2,1-7H3,(H,32,39)(H,33,41)(H,36,38)/t16?,17-,21+,22-/m1/s1. The van der Waals surface area contributed by atoms with E-state index < -0.39 is 74.3 Å². The quantitative estimate of drug-likeness (QED) is 0.356. The number of hydrogen-bond acceptors (Lipinski definition) is 10. The minimum atomic E-state index is -3.84. The van der Waals surface area contributed by atoms with E-state index in [1.807, 2.05) is 4.72 Å². The number of benzene rings is 1. The SMILES string of the molecule is CC(NC(=O)[C@@H]1C[C@@H](Oc2nnc(Cl)c3ccccc23)CN1C(=O)[C@@H](NC(=O)OC(C)(C)C)C(C)(C)C)C(=O)NS(=O)(=O)C1CC1. The van der Waals surface area contributed by atoms with Gasteiger partial charge in [0, 0.05) is 17.2 Å². The van der Waals surface area contributed by atoms with E-state index in [2.05, 4.69) is 20.8 Å². The van der Waals surface area contributed by atoms with Crippen LogP contribution in [0.5, 0.6) is 5.88 Å². The Kier molecular flexibility index (Phi) is 10.1. The molecule has 0 radical (unpaired) electrons. The predicted molar refractivity (Wildman–Crippen MR) is 169 cm³/mol. The first-order valence-corrected chi connectivity index (χ1v) is 16.9. The van der Waals surface area contributed by atoms with Crippen molar-refractivity contribution < 1.29 is 37.1 Å². The van der Waals surface area contributed by atoms with Crippen LogP contribution in [0.3, 0.4) is 0 Å². The molecular formula is C30H41ClN6O8S. The summed E-state index contributed by atoms with van der Waals surface area (Å²) in [7, 11) is -3.84. The molecule has 1 unspecified atom stereocenters. The number of sulfonamides is 1. The van der Waals surface area contributed by atoms with E-state index in [9.17, 15) is 27.6 Å². The van der Waals surface area contributed by atoms with Gasteiger partial charge in [-0.05, 0) is 52.0 Å². The van der Waals surface area contributed by atoms with Gasteiger partial charge in [-0.15, -0.1) is 10.2 Å². The van der Waals surface area contributed by atoms with Crippen molar-refractivity contribution in [3.63, 3.8) is 0 Å². The molecule has 4 amide bonds. The molecule has 1 aromatic heterocycles. The van der Waals surface area contributed by atoms with Crippen LogP contribution in [0.15, 0.2) is 24.3 Å². The smallest absolute Gasteiger partial charge is 0.408 e. The van der Waals surface area contributed by atoms with Crippen molar-refractivity contribution in [3.05, 3.63) is 29.4 Å². The number of hydrogen-bond donors (Lipinski definition) is 3. The Hall–Kier alpha value is -3.72. The molecule has 4 rings (SSSR count). The number of fused-ring (bicyclic) bond motifs is 1. The number of rotatable bonds is 9. The van der Waals surface area contributed by atoms with Crippen LogP contribution in [0.2, 0.25) is 5.15 Å². The van der Waals surface area contributed by atoms with E-state index in [-0.39, 0.29) is 24.0 Å². The van der Waals surface area contributed by atoms with Gasteiger partial charge in [0.2, 0.25) is 27.7 Å². The maximum absolute atomic E-state index is 14.2. The van der Waals surface area contributed by atoms with Gasteiger partial charge in [0.05, 0.1) is 11.8 Å². The molecule has 2 aromatic rings. The molecule has 1 aliphatic heterocycles. The summed E-state index contributed by atoms with van der Waals surface area (Å²) in [4.78, 5) is 54.6. The fraction of sp³-hybridized carbons (Fsp3) is 0.600. The van der Waals surface area contributed by atoms with Crippen molar-refractivity contribution in [2.75, 3.05) is 6.54 Å². The molecule has 2 heterocycles. The minimum absolute atomic E-state index is 0.00574. The van der Waals surface area contributed by atoms with Gasteiger partial charge < -0.3 is 25.0 Å². The third-order valence-corrected chi connectivity index (χ3v) is 9.58. The van der Waals surface area contributed by atoms with Gasteiger partial charge >= 0.3 is 6.09 Å². The van der Waals surface area contributed by atoms with Crippen LogP contribution < -0.4 is 20.1 Å². The summed E-state index contributed by atoms with van der Waals surface area (Å²) in [5, 5.41) is 14.0. The summed E-state index contributed by atoms with van der Waals surface area (Å²) < 4.78 is 38.2. The van der Waals surface area contributed by atoms with Crippen molar-refractivity contribution >= 4 is 56.2 Å². The fourth-order valence-corrected chi connectivity index (χ4v) is 6.55. The van der Waals surface area contributed by atoms with Gasteiger partial charge in [0.1, 0.15) is 29.8 Å². The Morgan fingerprint density at radius 3 is 2.22 bits per heavy atom. The maximum Gasteiger partial charge on any atom is 0.408 e. The normalized spacial score (nSPS) is 20.0. The second-order valence-corrected chi connectivity index (χ2v) is 16.0. The number of halogens is 1. The van der Waals surface area contributed by atoms with Crippen molar-refractivity contribution in [2.45, 2.75) is 103 Å². The largest absolute Gasteiger partial charge is 0.471 e. The van der Waals surface area contributed by atoms with Crippen molar-refractivity contribution in [3.8, 4) is 5.88 Å². The van der Waals surface area contributed by atoms with E-state index in [0.717, 1.165) is 0 Å². The third-order valence-electron chi connectivity index (χ3n) is 7.47. The van der Waals surface area contributed by atoms with Crippen LogP contribution in [-0.2, 0) is 29.1 Å². The predicted octanol–water partition coefficient (Wildman–Crippen LogP) is 2.68. The summed E-state index contributed by atoms with van der Waals surface area (Å²) in [5.74, 6) is -2.03. The lowest BCUT2D eigenvalue weighted by molar-refractivity contribution is -0.142. The van der Waals surface area contributed by atoms with Crippen LogP contribution in [0, 0.1) is 5.41 Å². The number of likely N-dealkylation sites (tertiary alicyclic amines) is 1. The molecule has 4 atom stereocenters. The van der Waals surface area contributed by atoms with Crippen LogP contribution >= 0.6 is 11.6 Å². The zero-order chi connectivity index (χ0) is 34.2. The first-order valence-electron chi connectivity index (χ1n) is 15.0. The lowest BCUT2D eigenvalue weighted by Gasteiger charge is -2.35. The maximum atomic E-state index is 14.2. The van der Waals surface area contributed by atoms with E-state index in [0.29, 0.717) is 23.6 Å².